The Balaban J connectivity index is 2.34. The van der Waals surface area contributed by atoms with Crippen molar-refractivity contribution >= 4 is 11.5 Å². The van der Waals surface area contributed by atoms with Gasteiger partial charge in [0, 0.05) is 12.6 Å². The van der Waals surface area contributed by atoms with E-state index in [1.54, 1.807) is 12.1 Å². The van der Waals surface area contributed by atoms with Crippen LogP contribution in [0.4, 0.5) is 11.5 Å². The van der Waals surface area contributed by atoms with Gasteiger partial charge in [-0.3, -0.25) is 10.1 Å². The average Bonchev–Trinajstić information content (AvgIpc) is 2.47. The first-order valence-corrected chi connectivity index (χ1v) is 6.74. The number of aryl methyl sites for hydroxylation is 1. The lowest BCUT2D eigenvalue weighted by molar-refractivity contribution is -0.386. The fourth-order valence-corrected chi connectivity index (χ4v) is 1.77. The zero-order valence-electron chi connectivity index (χ0n) is 12.0. The highest BCUT2D eigenvalue weighted by atomic mass is 16.6. The van der Waals surface area contributed by atoms with Gasteiger partial charge in [-0.1, -0.05) is 25.1 Å². The van der Waals surface area contributed by atoms with Crippen molar-refractivity contribution < 1.29 is 9.66 Å². The third kappa shape index (κ3) is 3.68. The largest absolute Gasteiger partial charge is 0.433 e. The molecule has 1 aromatic carbocycles. The van der Waals surface area contributed by atoms with Gasteiger partial charge in [-0.05, 0) is 31.0 Å². The number of nitro groups is 1. The molecule has 1 heterocycles. The second-order valence-electron chi connectivity index (χ2n) is 4.57. The van der Waals surface area contributed by atoms with E-state index in [1.807, 2.05) is 32.0 Å². The molecule has 2 aromatic rings. The molecule has 0 aliphatic carbocycles. The first-order valence-electron chi connectivity index (χ1n) is 6.74. The van der Waals surface area contributed by atoms with Crippen LogP contribution < -0.4 is 10.1 Å². The van der Waals surface area contributed by atoms with E-state index in [1.165, 1.54) is 6.07 Å². The van der Waals surface area contributed by atoms with E-state index in [4.69, 9.17) is 4.74 Å². The number of aromatic nitrogens is 1. The van der Waals surface area contributed by atoms with Gasteiger partial charge in [0.1, 0.15) is 11.6 Å². The fraction of sp³-hybridized carbons (Fsp3) is 0.267. The van der Waals surface area contributed by atoms with Crippen molar-refractivity contribution in [3.63, 3.8) is 0 Å². The molecule has 110 valence electrons. The molecule has 0 atom stereocenters. The first-order chi connectivity index (χ1) is 10.1. The highest BCUT2D eigenvalue weighted by Crippen LogP contribution is 2.32. The van der Waals surface area contributed by atoms with E-state index < -0.39 is 4.92 Å². The molecule has 0 unspecified atom stereocenters. The van der Waals surface area contributed by atoms with Crippen LogP contribution in [-0.2, 0) is 0 Å². The summed E-state index contributed by atoms with van der Waals surface area (Å²) in [6, 6.07) is 10.3. The Bertz CT molecular complexity index is 644. The highest BCUT2D eigenvalue weighted by molar-refractivity contribution is 5.51. The minimum absolute atomic E-state index is 0.00426. The van der Waals surface area contributed by atoms with Crippen molar-refractivity contribution in [1.29, 1.82) is 0 Å². The molecular formula is C15H17N3O3. The third-order valence-electron chi connectivity index (χ3n) is 2.89. The lowest BCUT2D eigenvalue weighted by atomic mass is 10.2. The van der Waals surface area contributed by atoms with Crippen molar-refractivity contribution in [3.8, 4) is 11.6 Å². The van der Waals surface area contributed by atoms with Crippen molar-refractivity contribution in [2.45, 2.75) is 20.3 Å². The molecule has 6 nitrogen and oxygen atoms in total. The van der Waals surface area contributed by atoms with Gasteiger partial charge < -0.3 is 10.1 Å². The Hall–Kier alpha value is -2.63. The SMILES string of the molecule is CCCNc1ccc([N+](=O)[O-])c(Oc2ccccc2C)n1. The summed E-state index contributed by atoms with van der Waals surface area (Å²) in [6.07, 6.45) is 0.937. The third-order valence-corrected chi connectivity index (χ3v) is 2.89. The van der Waals surface area contributed by atoms with Gasteiger partial charge >= 0.3 is 11.6 Å². The van der Waals surface area contributed by atoms with Gasteiger partial charge in [0.2, 0.25) is 0 Å². The molecule has 6 heteroatoms. The van der Waals surface area contributed by atoms with Crippen molar-refractivity contribution in [3.05, 3.63) is 52.1 Å². The summed E-state index contributed by atoms with van der Waals surface area (Å²) in [6.45, 7) is 4.65. The minimum atomic E-state index is -0.496. The Morgan fingerprint density at radius 2 is 2.05 bits per heavy atom. The Morgan fingerprint density at radius 1 is 1.29 bits per heavy atom. The van der Waals surface area contributed by atoms with Gasteiger partial charge in [0.05, 0.1) is 4.92 Å². The number of benzene rings is 1. The zero-order chi connectivity index (χ0) is 15.2. The molecule has 0 aliphatic heterocycles. The molecule has 1 N–H and O–H groups in total. The van der Waals surface area contributed by atoms with Crippen molar-refractivity contribution in [2.24, 2.45) is 0 Å². The summed E-state index contributed by atoms with van der Waals surface area (Å²) in [7, 11) is 0. The Labute approximate surface area is 122 Å². The lowest BCUT2D eigenvalue weighted by Gasteiger charge is -2.10. The summed E-state index contributed by atoms with van der Waals surface area (Å²) in [4.78, 5) is 14.8. The molecule has 0 spiro atoms. The van der Waals surface area contributed by atoms with Crippen LogP contribution in [-0.4, -0.2) is 16.5 Å². The number of hydrogen-bond acceptors (Lipinski definition) is 5. The van der Waals surface area contributed by atoms with E-state index in [2.05, 4.69) is 10.3 Å². The summed E-state index contributed by atoms with van der Waals surface area (Å²) in [5.74, 6) is 1.11. The van der Waals surface area contributed by atoms with Gasteiger partial charge in [-0.25, -0.2) is 0 Å². The fourth-order valence-electron chi connectivity index (χ4n) is 1.77. The van der Waals surface area contributed by atoms with E-state index >= 15 is 0 Å². The molecule has 0 saturated carbocycles. The summed E-state index contributed by atoms with van der Waals surface area (Å²) in [5.41, 5.74) is 0.737. The molecule has 21 heavy (non-hydrogen) atoms. The topological polar surface area (TPSA) is 77.3 Å². The van der Waals surface area contributed by atoms with Crippen molar-refractivity contribution in [2.75, 3.05) is 11.9 Å². The van der Waals surface area contributed by atoms with Crippen LogP contribution in [0.2, 0.25) is 0 Å². The highest BCUT2D eigenvalue weighted by Gasteiger charge is 2.19. The van der Waals surface area contributed by atoms with E-state index in [0.29, 0.717) is 11.6 Å². The monoisotopic (exact) mass is 287 g/mol. The minimum Gasteiger partial charge on any atom is -0.433 e. The summed E-state index contributed by atoms with van der Waals surface area (Å²) < 4.78 is 5.63. The van der Waals surface area contributed by atoms with E-state index in [9.17, 15) is 10.1 Å². The van der Waals surface area contributed by atoms with Crippen LogP contribution in [0.25, 0.3) is 0 Å². The predicted molar refractivity (Wildman–Crippen MR) is 80.9 cm³/mol. The molecule has 0 radical (unpaired) electrons. The number of para-hydroxylation sites is 1. The number of rotatable bonds is 6. The number of nitrogens with one attached hydrogen (secondary N) is 1. The van der Waals surface area contributed by atoms with Crippen LogP contribution in [0.5, 0.6) is 11.6 Å². The second kappa shape index (κ2) is 6.69. The Kier molecular flexibility index (Phi) is 4.71. The quantitative estimate of drug-likeness (QED) is 0.643. The van der Waals surface area contributed by atoms with Gasteiger partial charge in [0.15, 0.2) is 0 Å². The molecule has 0 saturated heterocycles. The zero-order valence-corrected chi connectivity index (χ0v) is 12.0. The molecule has 0 amide bonds. The smallest absolute Gasteiger partial charge is 0.331 e. The normalized spacial score (nSPS) is 10.2. The van der Waals surface area contributed by atoms with Gasteiger partial charge in [-0.2, -0.15) is 4.98 Å². The molecule has 0 aliphatic rings. The van der Waals surface area contributed by atoms with Gasteiger partial charge in [0.25, 0.3) is 0 Å². The van der Waals surface area contributed by atoms with Crippen LogP contribution in [0.1, 0.15) is 18.9 Å². The van der Waals surface area contributed by atoms with E-state index in [0.717, 1.165) is 18.5 Å². The maximum absolute atomic E-state index is 11.1. The second-order valence-corrected chi connectivity index (χ2v) is 4.57. The molecule has 2 rings (SSSR count). The van der Waals surface area contributed by atoms with Crippen molar-refractivity contribution in [1.82, 2.24) is 4.98 Å². The lowest BCUT2D eigenvalue weighted by Crippen LogP contribution is -2.04. The molecule has 0 bridgehead atoms. The van der Waals surface area contributed by atoms with Crippen LogP contribution >= 0.6 is 0 Å². The van der Waals surface area contributed by atoms with Crippen LogP contribution in [0.3, 0.4) is 0 Å². The first kappa shape index (κ1) is 14.8. The van der Waals surface area contributed by atoms with Crippen LogP contribution in [0, 0.1) is 17.0 Å². The molecule has 1 aromatic heterocycles. The summed E-state index contributed by atoms with van der Waals surface area (Å²) in [5, 5.41) is 14.2. The number of pyridine rings is 1. The molecule has 0 fully saturated rings. The van der Waals surface area contributed by atoms with E-state index in [-0.39, 0.29) is 11.6 Å². The maximum Gasteiger partial charge on any atom is 0.331 e. The average molecular weight is 287 g/mol. The van der Waals surface area contributed by atoms with Gasteiger partial charge in [-0.15, -0.1) is 0 Å². The maximum atomic E-state index is 11.1. The van der Waals surface area contributed by atoms with Crippen LogP contribution in [0.15, 0.2) is 36.4 Å². The number of nitrogens with zero attached hydrogens (tertiary/aromatic N) is 2. The Morgan fingerprint density at radius 3 is 2.71 bits per heavy atom. The number of ether oxygens (including phenoxy) is 1. The standard InChI is InChI=1S/C15H17N3O3/c1-3-10-16-14-9-8-12(18(19)20)15(17-14)21-13-7-5-4-6-11(13)2/h4-9H,3,10H2,1-2H3,(H,16,17). The number of hydrogen-bond donors (Lipinski definition) is 1. The molecular weight excluding hydrogens is 270 g/mol. The summed E-state index contributed by atoms with van der Waals surface area (Å²) >= 11 is 0. The number of anilines is 1. The predicted octanol–water partition coefficient (Wildman–Crippen LogP) is 3.91.